The molecule has 5 nitrogen and oxygen atoms in total. The summed E-state index contributed by atoms with van der Waals surface area (Å²) in [5.41, 5.74) is -0.685. The van der Waals surface area contributed by atoms with Crippen molar-refractivity contribution >= 4 is 17.6 Å². The third kappa shape index (κ3) is 2.91. The van der Waals surface area contributed by atoms with Crippen molar-refractivity contribution in [3.8, 4) is 0 Å². The minimum atomic E-state index is -0.981. The van der Waals surface area contributed by atoms with Gasteiger partial charge in [0.15, 0.2) is 5.78 Å². The zero-order valence-corrected chi connectivity index (χ0v) is 11.4. The van der Waals surface area contributed by atoms with Gasteiger partial charge < -0.3 is 9.80 Å². The summed E-state index contributed by atoms with van der Waals surface area (Å²) in [6.45, 7) is 2.09. The fourth-order valence-corrected chi connectivity index (χ4v) is 2.18. The first kappa shape index (κ1) is 15.1. The van der Waals surface area contributed by atoms with Gasteiger partial charge in [-0.1, -0.05) is 6.07 Å². The summed E-state index contributed by atoms with van der Waals surface area (Å²) < 4.78 is 27.0. The Kier molecular flexibility index (Phi) is 4.30. The summed E-state index contributed by atoms with van der Waals surface area (Å²) >= 11 is 0. The minimum absolute atomic E-state index is 0.167. The lowest BCUT2D eigenvalue weighted by molar-refractivity contribution is -0.155. The Morgan fingerprint density at radius 3 is 2.19 bits per heavy atom. The Bertz CT molecular complexity index is 584. The zero-order chi connectivity index (χ0) is 15.6. The van der Waals surface area contributed by atoms with Crippen LogP contribution in [0, 0.1) is 11.6 Å². The van der Waals surface area contributed by atoms with Crippen molar-refractivity contribution in [1.82, 2.24) is 9.80 Å². The van der Waals surface area contributed by atoms with Gasteiger partial charge in [-0.15, -0.1) is 0 Å². The fourth-order valence-electron chi connectivity index (χ4n) is 2.18. The summed E-state index contributed by atoms with van der Waals surface area (Å²) in [6.07, 6.45) is 0. The van der Waals surface area contributed by atoms with Crippen LogP contribution in [0.4, 0.5) is 8.78 Å². The van der Waals surface area contributed by atoms with E-state index in [0.29, 0.717) is 13.1 Å². The van der Waals surface area contributed by atoms with E-state index in [1.165, 1.54) is 4.90 Å². The molecule has 112 valence electrons. The number of piperazine rings is 1. The Balaban J connectivity index is 2.14. The number of likely N-dealkylation sites (N-methyl/N-ethyl adjacent to an activating group) is 1. The Morgan fingerprint density at radius 1 is 1.10 bits per heavy atom. The molecule has 1 saturated heterocycles. The number of halogens is 2. The summed E-state index contributed by atoms with van der Waals surface area (Å²) in [4.78, 5) is 37.8. The second-order valence-electron chi connectivity index (χ2n) is 4.63. The first-order valence-electron chi connectivity index (χ1n) is 6.51. The van der Waals surface area contributed by atoms with E-state index < -0.39 is 41.3 Å². The number of carbonyl (C=O) groups excluding carboxylic acids is 3. The lowest BCUT2D eigenvalue weighted by atomic mass is 10.1. The van der Waals surface area contributed by atoms with Crippen LogP contribution in [0.1, 0.15) is 17.3 Å². The van der Waals surface area contributed by atoms with Crippen molar-refractivity contribution < 1.29 is 23.2 Å². The molecule has 0 saturated carbocycles. The molecule has 0 aromatic heterocycles. The monoisotopic (exact) mass is 296 g/mol. The molecule has 0 aliphatic carbocycles. The number of benzene rings is 1. The van der Waals surface area contributed by atoms with Crippen molar-refractivity contribution in [3.63, 3.8) is 0 Å². The largest absolute Gasteiger partial charge is 0.333 e. The highest BCUT2D eigenvalue weighted by Gasteiger charge is 2.33. The molecule has 1 aliphatic rings. The second kappa shape index (κ2) is 5.99. The smallest absolute Gasteiger partial charge is 0.312 e. The van der Waals surface area contributed by atoms with E-state index in [0.717, 1.165) is 23.1 Å². The van der Waals surface area contributed by atoms with Crippen LogP contribution in [-0.2, 0) is 9.59 Å². The van der Waals surface area contributed by atoms with Crippen LogP contribution in [0.25, 0.3) is 0 Å². The SMILES string of the molecule is CCN1CCN(CC(=O)c2c(F)cccc2F)C(=O)C1=O. The molecule has 0 unspecified atom stereocenters. The van der Waals surface area contributed by atoms with Gasteiger partial charge in [-0.05, 0) is 19.1 Å². The van der Waals surface area contributed by atoms with E-state index in [1.54, 1.807) is 6.92 Å². The third-order valence-corrected chi connectivity index (χ3v) is 3.36. The highest BCUT2D eigenvalue weighted by Crippen LogP contribution is 2.14. The average Bonchev–Trinajstić information content (AvgIpc) is 2.44. The highest BCUT2D eigenvalue weighted by atomic mass is 19.1. The van der Waals surface area contributed by atoms with Crippen molar-refractivity contribution in [2.24, 2.45) is 0 Å². The van der Waals surface area contributed by atoms with E-state index in [-0.39, 0.29) is 6.54 Å². The molecule has 1 aromatic carbocycles. The molecule has 1 aromatic rings. The molecule has 2 rings (SSSR count). The summed E-state index contributed by atoms with van der Waals surface area (Å²) in [6, 6.07) is 3.09. The van der Waals surface area contributed by atoms with Gasteiger partial charge in [0.1, 0.15) is 11.6 Å². The number of carbonyl (C=O) groups is 3. The fraction of sp³-hybridized carbons (Fsp3) is 0.357. The maximum absolute atomic E-state index is 13.5. The first-order chi connectivity index (χ1) is 9.95. The maximum atomic E-state index is 13.5. The predicted octanol–water partition coefficient (Wildman–Crippen LogP) is 0.838. The van der Waals surface area contributed by atoms with Crippen LogP contribution in [-0.4, -0.2) is 53.6 Å². The van der Waals surface area contributed by atoms with Crippen LogP contribution in [0.5, 0.6) is 0 Å². The lowest BCUT2D eigenvalue weighted by Gasteiger charge is -2.32. The van der Waals surface area contributed by atoms with E-state index in [4.69, 9.17) is 0 Å². The van der Waals surface area contributed by atoms with Gasteiger partial charge >= 0.3 is 11.8 Å². The second-order valence-corrected chi connectivity index (χ2v) is 4.63. The number of nitrogens with zero attached hydrogens (tertiary/aromatic N) is 2. The summed E-state index contributed by atoms with van der Waals surface area (Å²) in [7, 11) is 0. The molecule has 0 N–H and O–H groups in total. The van der Waals surface area contributed by atoms with Crippen molar-refractivity contribution in [2.75, 3.05) is 26.2 Å². The van der Waals surface area contributed by atoms with Crippen molar-refractivity contribution in [3.05, 3.63) is 35.4 Å². The van der Waals surface area contributed by atoms with Gasteiger partial charge in [0.2, 0.25) is 0 Å². The maximum Gasteiger partial charge on any atom is 0.312 e. The number of Topliss-reactive ketones (excluding diaryl/α,β-unsaturated/α-hetero) is 1. The van der Waals surface area contributed by atoms with Crippen molar-refractivity contribution in [1.29, 1.82) is 0 Å². The van der Waals surface area contributed by atoms with Gasteiger partial charge in [-0.25, -0.2) is 8.78 Å². The molecular weight excluding hydrogens is 282 g/mol. The van der Waals surface area contributed by atoms with Gasteiger partial charge in [-0.2, -0.15) is 0 Å². The molecule has 0 atom stereocenters. The van der Waals surface area contributed by atoms with Gasteiger partial charge in [0.25, 0.3) is 0 Å². The predicted molar refractivity (Wildman–Crippen MR) is 69.5 cm³/mol. The molecule has 2 amide bonds. The standard InChI is InChI=1S/C14H14F2N2O3/c1-2-17-6-7-18(14(21)13(17)20)8-11(19)12-9(15)4-3-5-10(12)16/h3-5H,2,6-8H2,1H3. The lowest BCUT2D eigenvalue weighted by Crippen LogP contribution is -2.55. The van der Waals surface area contributed by atoms with Gasteiger partial charge in [0, 0.05) is 19.6 Å². The Hall–Kier alpha value is -2.31. The number of amides is 2. The molecular formula is C14H14F2N2O3. The molecule has 21 heavy (non-hydrogen) atoms. The van der Waals surface area contributed by atoms with E-state index in [2.05, 4.69) is 0 Å². The highest BCUT2D eigenvalue weighted by molar-refractivity contribution is 6.35. The first-order valence-corrected chi connectivity index (χ1v) is 6.51. The summed E-state index contributed by atoms with van der Waals surface area (Å²) in [5.74, 6) is -4.35. The topological polar surface area (TPSA) is 57.7 Å². The zero-order valence-electron chi connectivity index (χ0n) is 11.4. The minimum Gasteiger partial charge on any atom is -0.333 e. The van der Waals surface area contributed by atoms with Crippen LogP contribution >= 0.6 is 0 Å². The van der Waals surface area contributed by atoms with Crippen molar-refractivity contribution in [2.45, 2.75) is 6.92 Å². The van der Waals surface area contributed by atoms with Crippen LogP contribution in [0.3, 0.4) is 0 Å². The van der Waals surface area contributed by atoms with Gasteiger partial charge in [0.05, 0.1) is 12.1 Å². The Morgan fingerprint density at radius 2 is 1.62 bits per heavy atom. The molecule has 0 bridgehead atoms. The number of hydrogen-bond donors (Lipinski definition) is 0. The summed E-state index contributed by atoms with van der Waals surface area (Å²) in [5, 5.41) is 0. The van der Waals surface area contributed by atoms with E-state index >= 15 is 0 Å². The number of ketones is 1. The Labute approximate surface area is 120 Å². The van der Waals surface area contributed by atoms with E-state index in [1.807, 2.05) is 0 Å². The van der Waals surface area contributed by atoms with Crippen LogP contribution < -0.4 is 0 Å². The molecule has 0 radical (unpaired) electrons. The number of hydrogen-bond acceptors (Lipinski definition) is 3. The van der Waals surface area contributed by atoms with Gasteiger partial charge in [-0.3, -0.25) is 14.4 Å². The molecule has 1 heterocycles. The number of rotatable bonds is 4. The van der Waals surface area contributed by atoms with Crippen LogP contribution in [0.15, 0.2) is 18.2 Å². The van der Waals surface area contributed by atoms with Crippen LogP contribution in [0.2, 0.25) is 0 Å². The average molecular weight is 296 g/mol. The quantitative estimate of drug-likeness (QED) is 0.611. The third-order valence-electron chi connectivity index (χ3n) is 3.36. The normalized spacial score (nSPS) is 15.6. The molecule has 1 fully saturated rings. The molecule has 7 heteroatoms. The molecule has 0 spiro atoms. The molecule has 1 aliphatic heterocycles. The van der Waals surface area contributed by atoms with E-state index in [9.17, 15) is 23.2 Å².